The zero-order chi connectivity index (χ0) is 15.6. The summed E-state index contributed by atoms with van der Waals surface area (Å²) in [4.78, 5) is 23.6. The van der Waals surface area contributed by atoms with Crippen LogP contribution in [0.2, 0.25) is 0 Å². The lowest BCUT2D eigenvalue weighted by molar-refractivity contribution is 0.0698. The monoisotopic (exact) mass is 350 g/mol. The standard InChI is InChI=1S/C15H15BrN2O3/c1-9(2)18-8-4-7-12(18)14(19)17-13-10(15(20)21)5-3-6-11(13)16/h3-9H,1-2H3,(H,17,19)(H,20,21). The summed E-state index contributed by atoms with van der Waals surface area (Å²) in [7, 11) is 0. The molecule has 0 aliphatic heterocycles. The number of aromatic carboxylic acids is 1. The molecule has 2 N–H and O–H groups in total. The van der Waals surface area contributed by atoms with Crippen molar-refractivity contribution in [1.29, 1.82) is 0 Å². The van der Waals surface area contributed by atoms with Crippen molar-refractivity contribution in [2.24, 2.45) is 0 Å². The summed E-state index contributed by atoms with van der Waals surface area (Å²) in [5.74, 6) is -1.44. The Morgan fingerprint density at radius 3 is 2.57 bits per heavy atom. The lowest BCUT2D eigenvalue weighted by Gasteiger charge is -2.14. The number of carbonyl (C=O) groups excluding carboxylic acids is 1. The molecule has 1 aromatic heterocycles. The molecule has 0 radical (unpaired) electrons. The van der Waals surface area contributed by atoms with Crippen molar-refractivity contribution in [3.63, 3.8) is 0 Å². The number of anilines is 1. The van der Waals surface area contributed by atoms with E-state index in [2.05, 4.69) is 21.2 Å². The Balaban J connectivity index is 2.36. The van der Waals surface area contributed by atoms with Crippen LogP contribution in [0.15, 0.2) is 41.0 Å². The van der Waals surface area contributed by atoms with E-state index in [9.17, 15) is 14.7 Å². The Hall–Kier alpha value is -2.08. The number of carbonyl (C=O) groups is 2. The summed E-state index contributed by atoms with van der Waals surface area (Å²) >= 11 is 3.27. The van der Waals surface area contributed by atoms with Crippen LogP contribution >= 0.6 is 15.9 Å². The van der Waals surface area contributed by atoms with Crippen LogP contribution in [0.3, 0.4) is 0 Å². The second-order valence-corrected chi connectivity index (χ2v) is 5.67. The van der Waals surface area contributed by atoms with Gasteiger partial charge in [0.15, 0.2) is 0 Å². The Kier molecular flexibility index (Phi) is 4.47. The van der Waals surface area contributed by atoms with Gasteiger partial charge in [0.05, 0.1) is 11.3 Å². The summed E-state index contributed by atoms with van der Waals surface area (Å²) in [5, 5.41) is 11.9. The van der Waals surface area contributed by atoms with Crippen LogP contribution in [0.1, 0.15) is 40.7 Å². The van der Waals surface area contributed by atoms with Crippen molar-refractivity contribution in [2.45, 2.75) is 19.9 Å². The highest BCUT2D eigenvalue weighted by Crippen LogP contribution is 2.27. The van der Waals surface area contributed by atoms with E-state index in [1.54, 1.807) is 24.3 Å². The normalized spacial score (nSPS) is 10.7. The minimum atomic E-state index is -1.09. The summed E-state index contributed by atoms with van der Waals surface area (Å²) in [5.41, 5.74) is 0.781. The fraction of sp³-hybridized carbons (Fsp3) is 0.200. The van der Waals surface area contributed by atoms with Crippen LogP contribution in [-0.2, 0) is 0 Å². The van der Waals surface area contributed by atoms with E-state index in [0.717, 1.165) is 0 Å². The Labute approximate surface area is 130 Å². The number of aromatic nitrogens is 1. The van der Waals surface area contributed by atoms with Crippen molar-refractivity contribution in [2.75, 3.05) is 5.32 Å². The second kappa shape index (κ2) is 6.13. The van der Waals surface area contributed by atoms with Gasteiger partial charge in [-0.25, -0.2) is 4.79 Å². The molecule has 0 unspecified atom stereocenters. The smallest absolute Gasteiger partial charge is 0.337 e. The zero-order valence-corrected chi connectivity index (χ0v) is 13.2. The molecular formula is C15H15BrN2O3. The lowest BCUT2D eigenvalue weighted by atomic mass is 10.1. The molecule has 21 heavy (non-hydrogen) atoms. The van der Waals surface area contributed by atoms with Crippen molar-refractivity contribution >= 4 is 33.5 Å². The van der Waals surface area contributed by atoms with Gasteiger partial charge in [0.2, 0.25) is 0 Å². The minimum absolute atomic E-state index is 0.0420. The maximum absolute atomic E-state index is 12.4. The molecule has 0 aliphatic carbocycles. The fourth-order valence-corrected chi connectivity index (χ4v) is 2.51. The third kappa shape index (κ3) is 3.16. The largest absolute Gasteiger partial charge is 0.478 e. The first-order valence-corrected chi connectivity index (χ1v) is 7.21. The summed E-state index contributed by atoms with van der Waals surface area (Å²) < 4.78 is 2.35. The topological polar surface area (TPSA) is 71.3 Å². The molecule has 0 spiro atoms. The molecule has 6 heteroatoms. The summed E-state index contributed by atoms with van der Waals surface area (Å²) in [6.45, 7) is 3.94. The SMILES string of the molecule is CC(C)n1cccc1C(=O)Nc1c(Br)cccc1C(=O)O. The van der Waals surface area contributed by atoms with Gasteiger partial charge in [-0.1, -0.05) is 6.07 Å². The summed E-state index contributed by atoms with van der Waals surface area (Å²) in [6, 6.07) is 8.37. The van der Waals surface area contributed by atoms with E-state index in [1.807, 2.05) is 24.6 Å². The molecule has 0 fully saturated rings. The number of rotatable bonds is 4. The molecule has 0 saturated carbocycles. The number of amides is 1. The van der Waals surface area contributed by atoms with Gasteiger partial charge in [0, 0.05) is 16.7 Å². The van der Waals surface area contributed by atoms with Gasteiger partial charge in [-0.05, 0) is 54.0 Å². The second-order valence-electron chi connectivity index (χ2n) is 4.82. The first-order valence-electron chi connectivity index (χ1n) is 6.41. The van der Waals surface area contributed by atoms with E-state index in [1.165, 1.54) is 6.07 Å². The molecule has 0 aliphatic rings. The number of nitrogens with one attached hydrogen (secondary N) is 1. The number of para-hydroxylation sites is 1. The molecule has 110 valence electrons. The molecular weight excluding hydrogens is 336 g/mol. The highest BCUT2D eigenvalue weighted by atomic mass is 79.9. The molecule has 0 saturated heterocycles. The average Bonchev–Trinajstić information content (AvgIpc) is 2.90. The van der Waals surface area contributed by atoms with E-state index >= 15 is 0 Å². The minimum Gasteiger partial charge on any atom is -0.478 e. The quantitative estimate of drug-likeness (QED) is 0.881. The van der Waals surface area contributed by atoms with Gasteiger partial charge >= 0.3 is 5.97 Å². The Bertz CT molecular complexity index is 692. The lowest BCUT2D eigenvalue weighted by Crippen LogP contribution is -2.19. The maximum atomic E-state index is 12.4. The van der Waals surface area contributed by atoms with E-state index in [-0.39, 0.29) is 23.2 Å². The third-order valence-electron chi connectivity index (χ3n) is 3.05. The molecule has 0 atom stereocenters. The van der Waals surface area contributed by atoms with Crippen molar-refractivity contribution in [3.05, 3.63) is 52.3 Å². The summed E-state index contributed by atoms with van der Waals surface area (Å²) in [6.07, 6.45) is 1.82. The zero-order valence-electron chi connectivity index (χ0n) is 11.6. The number of benzene rings is 1. The van der Waals surface area contributed by atoms with Crippen molar-refractivity contribution in [1.82, 2.24) is 4.57 Å². The van der Waals surface area contributed by atoms with E-state index in [4.69, 9.17) is 0 Å². The first kappa shape index (κ1) is 15.3. The molecule has 1 aromatic carbocycles. The molecule has 2 aromatic rings. The fourth-order valence-electron chi connectivity index (χ4n) is 2.04. The number of carboxylic acids is 1. The molecule has 1 heterocycles. The van der Waals surface area contributed by atoms with Crippen LogP contribution < -0.4 is 5.32 Å². The Morgan fingerprint density at radius 2 is 1.95 bits per heavy atom. The predicted octanol–water partition coefficient (Wildman–Crippen LogP) is 3.78. The number of carboxylic acid groups (broad SMARTS) is 1. The Morgan fingerprint density at radius 1 is 1.24 bits per heavy atom. The van der Waals surface area contributed by atoms with Gasteiger partial charge in [-0.15, -0.1) is 0 Å². The highest BCUT2D eigenvalue weighted by Gasteiger charge is 2.18. The van der Waals surface area contributed by atoms with Gasteiger partial charge in [0.1, 0.15) is 5.69 Å². The van der Waals surface area contributed by atoms with Crippen molar-refractivity contribution in [3.8, 4) is 0 Å². The van der Waals surface area contributed by atoms with E-state index in [0.29, 0.717) is 10.2 Å². The van der Waals surface area contributed by atoms with Crippen LogP contribution in [0.5, 0.6) is 0 Å². The van der Waals surface area contributed by atoms with Crippen LogP contribution in [0, 0.1) is 0 Å². The van der Waals surface area contributed by atoms with Crippen LogP contribution in [0.4, 0.5) is 5.69 Å². The maximum Gasteiger partial charge on any atom is 0.337 e. The molecule has 5 nitrogen and oxygen atoms in total. The molecule has 1 amide bonds. The first-order chi connectivity index (χ1) is 9.91. The number of hydrogen-bond donors (Lipinski definition) is 2. The number of hydrogen-bond acceptors (Lipinski definition) is 2. The average molecular weight is 351 g/mol. The highest BCUT2D eigenvalue weighted by molar-refractivity contribution is 9.10. The van der Waals surface area contributed by atoms with Gasteiger partial charge in [-0.3, -0.25) is 4.79 Å². The van der Waals surface area contributed by atoms with E-state index < -0.39 is 5.97 Å². The van der Waals surface area contributed by atoms with Gasteiger partial charge in [-0.2, -0.15) is 0 Å². The molecule has 0 bridgehead atoms. The number of nitrogens with zero attached hydrogens (tertiary/aromatic N) is 1. The third-order valence-corrected chi connectivity index (χ3v) is 3.71. The van der Waals surface area contributed by atoms with Crippen LogP contribution in [-0.4, -0.2) is 21.6 Å². The number of halogens is 1. The van der Waals surface area contributed by atoms with Gasteiger partial charge < -0.3 is 15.0 Å². The van der Waals surface area contributed by atoms with Crippen molar-refractivity contribution < 1.29 is 14.7 Å². The van der Waals surface area contributed by atoms with Gasteiger partial charge in [0.25, 0.3) is 5.91 Å². The van der Waals surface area contributed by atoms with Crippen LogP contribution in [0.25, 0.3) is 0 Å². The molecule has 2 rings (SSSR count). The predicted molar refractivity (Wildman–Crippen MR) is 83.9 cm³/mol.